The van der Waals surface area contributed by atoms with Crippen molar-refractivity contribution in [3.8, 4) is 11.5 Å². The van der Waals surface area contributed by atoms with Gasteiger partial charge in [0.15, 0.2) is 0 Å². The Morgan fingerprint density at radius 2 is 2.16 bits per heavy atom. The Morgan fingerprint density at radius 1 is 1.37 bits per heavy atom. The van der Waals surface area contributed by atoms with E-state index in [2.05, 4.69) is 5.10 Å². The zero-order chi connectivity index (χ0) is 13.8. The largest absolute Gasteiger partial charge is 0.497 e. The van der Waals surface area contributed by atoms with Gasteiger partial charge < -0.3 is 14.6 Å². The lowest BCUT2D eigenvalue weighted by atomic mass is 10.1. The number of aryl methyl sites for hydroxylation is 1. The Kier molecular flexibility index (Phi) is 4.06. The van der Waals surface area contributed by atoms with E-state index in [1.165, 1.54) is 0 Å². The highest BCUT2D eigenvalue weighted by Gasteiger charge is 2.11. The first-order valence-electron chi connectivity index (χ1n) is 6.07. The van der Waals surface area contributed by atoms with Crippen LogP contribution in [0.3, 0.4) is 0 Å². The molecule has 0 radical (unpaired) electrons. The number of aromatic nitrogens is 2. The highest BCUT2D eigenvalue weighted by atomic mass is 16.5. The van der Waals surface area contributed by atoms with Crippen LogP contribution in [0.2, 0.25) is 0 Å². The molecule has 5 heteroatoms. The number of rotatable bonds is 5. The molecule has 0 amide bonds. The molecule has 102 valence electrons. The number of hydrogen-bond donors (Lipinski definition) is 1. The molecule has 1 aromatic carbocycles. The molecule has 0 saturated heterocycles. The van der Waals surface area contributed by atoms with Crippen molar-refractivity contribution in [2.45, 2.75) is 19.6 Å². The third-order valence-corrected chi connectivity index (χ3v) is 2.82. The maximum atomic E-state index is 9.73. The van der Waals surface area contributed by atoms with E-state index in [-0.39, 0.29) is 0 Å². The molecule has 1 unspecified atom stereocenters. The summed E-state index contributed by atoms with van der Waals surface area (Å²) < 4.78 is 12.6. The van der Waals surface area contributed by atoms with Crippen LogP contribution in [0, 0.1) is 0 Å². The lowest BCUT2D eigenvalue weighted by Gasteiger charge is -2.14. The van der Waals surface area contributed by atoms with Gasteiger partial charge in [0.2, 0.25) is 0 Å². The monoisotopic (exact) mass is 262 g/mol. The smallest absolute Gasteiger partial charge is 0.132 e. The van der Waals surface area contributed by atoms with Gasteiger partial charge in [-0.25, -0.2) is 0 Å². The Bertz CT molecular complexity index is 549. The van der Waals surface area contributed by atoms with Crippen LogP contribution in [0.4, 0.5) is 0 Å². The molecule has 0 aliphatic carbocycles. The minimum Gasteiger partial charge on any atom is -0.497 e. The molecule has 1 aromatic heterocycles. The first-order valence-corrected chi connectivity index (χ1v) is 6.07. The summed E-state index contributed by atoms with van der Waals surface area (Å²) in [5, 5.41) is 14.0. The lowest BCUT2D eigenvalue weighted by Crippen LogP contribution is -2.02. The van der Waals surface area contributed by atoms with Crippen molar-refractivity contribution in [1.29, 1.82) is 0 Å². The summed E-state index contributed by atoms with van der Waals surface area (Å²) >= 11 is 0. The van der Waals surface area contributed by atoms with Crippen molar-refractivity contribution in [2.24, 2.45) is 7.05 Å². The minimum absolute atomic E-state index is 0.355. The molecule has 1 heterocycles. The van der Waals surface area contributed by atoms with Gasteiger partial charge in [-0.15, -0.1) is 0 Å². The van der Waals surface area contributed by atoms with Crippen LogP contribution in [-0.4, -0.2) is 22.0 Å². The highest BCUT2D eigenvalue weighted by Crippen LogP contribution is 2.29. The normalized spacial score (nSPS) is 12.2. The van der Waals surface area contributed by atoms with Gasteiger partial charge in [-0.1, -0.05) is 0 Å². The predicted octanol–water partition coefficient (Wildman–Crippen LogP) is 2.06. The fourth-order valence-corrected chi connectivity index (χ4v) is 1.80. The Balaban J connectivity index is 2.17. The van der Waals surface area contributed by atoms with Crippen LogP contribution in [0.15, 0.2) is 30.5 Å². The first-order chi connectivity index (χ1) is 9.10. The van der Waals surface area contributed by atoms with Crippen LogP contribution >= 0.6 is 0 Å². The average molecular weight is 262 g/mol. The van der Waals surface area contributed by atoms with Gasteiger partial charge in [0, 0.05) is 24.9 Å². The lowest BCUT2D eigenvalue weighted by molar-refractivity contribution is 0.189. The van der Waals surface area contributed by atoms with E-state index in [4.69, 9.17) is 9.47 Å². The van der Waals surface area contributed by atoms with Crippen molar-refractivity contribution in [1.82, 2.24) is 9.78 Å². The molecule has 1 N–H and O–H groups in total. The molecule has 0 saturated carbocycles. The molecule has 1 atom stereocenters. The fourth-order valence-electron chi connectivity index (χ4n) is 1.80. The van der Waals surface area contributed by atoms with Gasteiger partial charge in [-0.2, -0.15) is 5.10 Å². The molecule has 0 aliphatic heterocycles. The maximum Gasteiger partial charge on any atom is 0.132 e. The molecule has 0 bridgehead atoms. The maximum absolute atomic E-state index is 9.73. The van der Waals surface area contributed by atoms with Crippen LogP contribution in [-0.2, 0) is 13.7 Å². The van der Waals surface area contributed by atoms with E-state index in [0.29, 0.717) is 18.1 Å². The first kappa shape index (κ1) is 13.4. The summed E-state index contributed by atoms with van der Waals surface area (Å²) in [6.07, 6.45) is 1.27. The number of aliphatic hydroxyl groups excluding tert-OH is 1. The van der Waals surface area contributed by atoms with Crippen molar-refractivity contribution >= 4 is 0 Å². The summed E-state index contributed by atoms with van der Waals surface area (Å²) in [4.78, 5) is 0. The minimum atomic E-state index is -0.593. The number of methoxy groups -OCH3 is 1. The van der Waals surface area contributed by atoms with E-state index >= 15 is 0 Å². The number of hydrogen-bond acceptors (Lipinski definition) is 4. The second-order valence-electron chi connectivity index (χ2n) is 4.35. The van der Waals surface area contributed by atoms with Gasteiger partial charge in [-0.05, 0) is 25.1 Å². The second-order valence-corrected chi connectivity index (χ2v) is 4.35. The third kappa shape index (κ3) is 3.26. The van der Waals surface area contributed by atoms with Crippen LogP contribution in [0.5, 0.6) is 11.5 Å². The zero-order valence-electron chi connectivity index (χ0n) is 11.3. The molecule has 2 aromatic rings. The SMILES string of the molecule is COc1ccc(C(C)O)c(OCc2ccn(C)n2)c1. The molecular formula is C14H18N2O3. The summed E-state index contributed by atoms with van der Waals surface area (Å²) in [7, 11) is 3.45. The van der Waals surface area contributed by atoms with Crippen LogP contribution < -0.4 is 9.47 Å². The van der Waals surface area contributed by atoms with E-state index in [1.54, 1.807) is 36.9 Å². The summed E-state index contributed by atoms with van der Waals surface area (Å²) in [6.45, 7) is 2.06. The summed E-state index contributed by atoms with van der Waals surface area (Å²) in [5.74, 6) is 1.31. The average Bonchev–Trinajstić information content (AvgIpc) is 2.81. The van der Waals surface area contributed by atoms with E-state index in [1.807, 2.05) is 19.3 Å². The molecule has 0 aliphatic rings. The topological polar surface area (TPSA) is 56.5 Å². The molecule has 0 fully saturated rings. The number of benzene rings is 1. The van der Waals surface area contributed by atoms with Crippen molar-refractivity contribution in [3.05, 3.63) is 41.7 Å². The van der Waals surface area contributed by atoms with Crippen molar-refractivity contribution in [3.63, 3.8) is 0 Å². The van der Waals surface area contributed by atoms with Crippen molar-refractivity contribution in [2.75, 3.05) is 7.11 Å². The fraction of sp³-hybridized carbons (Fsp3) is 0.357. The Morgan fingerprint density at radius 3 is 2.74 bits per heavy atom. The Hall–Kier alpha value is -2.01. The molecule has 0 spiro atoms. The molecule has 2 rings (SSSR count). The highest BCUT2D eigenvalue weighted by molar-refractivity contribution is 5.41. The molecule has 5 nitrogen and oxygen atoms in total. The summed E-state index contributed by atoms with van der Waals surface area (Å²) in [5.41, 5.74) is 1.57. The molecular weight excluding hydrogens is 244 g/mol. The van der Waals surface area contributed by atoms with Crippen molar-refractivity contribution < 1.29 is 14.6 Å². The second kappa shape index (κ2) is 5.75. The standard InChI is InChI=1S/C14H18N2O3/c1-10(17)13-5-4-12(18-3)8-14(13)19-9-11-6-7-16(2)15-11/h4-8,10,17H,9H2,1-3H3. The van der Waals surface area contributed by atoms with Gasteiger partial charge >= 0.3 is 0 Å². The van der Waals surface area contributed by atoms with Gasteiger partial charge in [0.05, 0.1) is 18.9 Å². The van der Waals surface area contributed by atoms with Crippen LogP contribution in [0.1, 0.15) is 24.3 Å². The van der Waals surface area contributed by atoms with Gasteiger partial charge in [0.25, 0.3) is 0 Å². The number of aliphatic hydroxyl groups is 1. The quantitative estimate of drug-likeness (QED) is 0.896. The van der Waals surface area contributed by atoms with Gasteiger partial charge in [-0.3, -0.25) is 4.68 Å². The Labute approximate surface area is 112 Å². The van der Waals surface area contributed by atoms with E-state index in [9.17, 15) is 5.11 Å². The van der Waals surface area contributed by atoms with E-state index < -0.39 is 6.10 Å². The summed E-state index contributed by atoms with van der Waals surface area (Å²) in [6, 6.07) is 7.26. The van der Waals surface area contributed by atoms with Gasteiger partial charge in [0.1, 0.15) is 18.1 Å². The molecule has 19 heavy (non-hydrogen) atoms. The number of ether oxygens (including phenoxy) is 2. The predicted molar refractivity (Wildman–Crippen MR) is 71.2 cm³/mol. The third-order valence-electron chi connectivity index (χ3n) is 2.82. The van der Waals surface area contributed by atoms with E-state index in [0.717, 1.165) is 11.3 Å². The number of nitrogens with zero attached hydrogens (tertiary/aromatic N) is 2. The zero-order valence-corrected chi connectivity index (χ0v) is 11.3. The van der Waals surface area contributed by atoms with Crippen LogP contribution in [0.25, 0.3) is 0 Å².